The van der Waals surface area contributed by atoms with Gasteiger partial charge in [-0.3, -0.25) is 4.98 Å². The van der Waals surface area contributed by atoms with Crippen molar-refractivity contribution in [2.24, 2.45) is 0 Å². The van der Waals surface area contributed by atoms with Crippen LogP contribution in [0.1, 0.15) is 17.4 Å². The van der Waals surface area contributed by atoms with E-state index >= 15 is 0 Å². The Morgan fingerprint density at radius 1 is 1.75 bits per heavy atom. The number of aryl methyl sites for hydroxylation is 1. The van der Waals surface area contributed by atoms with Crippen LogP contribution in [-0.4, -0.2) is 11.6 Å². The second-order valence-corrected chi connectivity index (χ2v) is 2.83. The molecule has 3 heteroatoms. The molecule has 2 rings (SSSR count). The van der Waals surface area contributed by atoms with Crippen LogP contribution >= 0.6 is 0 Å². The quantitative estimate of drug-likeness (QED) is 0.464. The molecule has 1 saturated heterocycles. The summed E-state index contributed by atoms with van der Waals surface area (Å²) in [6, 6.07) is 1.92. The Morgan fingerprint density at radius 2 is 2.50 bits per heavy atom. The smallest absolute Gasteiger partial charge is 0.207 e. The molecule has 0 aromatic carbocycles. The molecular formula is C9H8N2O. The fourth-order valence-electron chi connectivity index (χ4n) is 1.08. The highest BCUT2D eigenvalue weighted by atomic mass is 16.6. The van der Waals surface area contributed by atoms with Crippen molar-refractivity contribution in [3.05, 3.63) is 34.9 Å². The van der Waals surface area contributed by atoms with Gasteiger partial charge in [0.25, 0.3) is 0 Å². The van der Waals surface area contributed by atoms with Crippen molar-refractivity contribution in [2.45, 2.75) is 13.0 Å². The fourth-order valence-corrected chi connectivity index (χ4v) is 1.08. The van der Waals surface area contributed by atoms with Crippen LogP contribution < -0.4 is 0 Å². The van der Waals surface area contributed by atoms with Crippen molar-refractivity contribution in [1.29, 1.82) is 0 Å². The van der Waals surface area contributed by atoms with E-state index in [4.69, 9.17) is 11.3 Å². The summed E-state index contributed by atoms with van der Waals surface area (Å²) in [5.41, 5.74) is 2.55. The molecule has 0 amide bonds. The van der Waals surface area contributed by atoms with Crippen LogP contribution in [0.2, 0.25) is 0 Å². The first-order valence-corrected chi connectivity index (χ1v) is 3.77. The Balaban J connectivity index is 2.38. The van der Waals surface area contributed by atoms with Gasteiger partial charge >= 0.3 is 0 Å². The molecule has 60 valence electrons. The minimum atomic E-state index is 0.184. The zero-order valence-corrected chi connectivity index (χ0v) is 6.74. The molecule has 1 aromatic heterocycles. The van der Waals surface area contributed by atoms with E-state index in [0.29, 0.717) is 5.69 Å². The van der Waals surface area contributed by atoms with Gasteiger partial charge in [0.05, 0.1) is 18.9 Å². The Hall–Kier alpha value is -1.40. The SMILES string of the molecule is [C-]#[N+]c1cnc([C@@H]2CO2)cc1C. The third-order valence-corrected chi connectivity index (χ3v) is 1.89. The molecule has 0 aliphatic carbocycles. The highest BCUT2D eigenvalue weighted by Crippen LogP contribution is 2.30. The maximum absolute atomic E-state index is 6.83. The molecule has 0 bridgehead atoms. The van der Waals surface area contributed by atoms with Crippen molar-refractivity contribution in [2.75, 3.05) is 6.61 Å². The summed E-state index contributed by atoms with van der Waals surface area (Å²) in [6.07, 6.45) is 1.79. The van der Waals surface area contributed by atoms with Crippen LogP contribution in [0.25, 0.3) is 4.85 Å². The summed E-state index contributed by atoms with van der Waals surface area (Å²) in [6.45, 7) is 9.52. The Labute approximate surface area is 70.8 Å². The van der Waals surface area contributed by atoms with Crippen molar-refractivity contribution >= 4 is 5.69 Å². The van der Waals surface area contributed by atoms with Crippen LogP contribution in [0.5, 0.6) is 0 Å². The largest absolute Gasteiger partial charge is 0.366 e. The normalized spacial score (nSPS) is 20.2. The molecule has 1 fully saturated rings. The first-order chi connectivity index (χ1) is 5.81. The monoisotopic (exact) mass is 160 g/mol. The molecule has 2 heterocycles. The van der Waals surface area contributed by atoms with E-state index in [0.717, 1.165) is 17.9 Å². The Morgan fingerprint density at radius 3 is 3.00 bits per heavy atom. The highest BCUT2D eigenvalue weighted by molar-refractivity contribution is 5.50. The van der Waals surface area contributed by atoms with Gasteiger partial charge in [0.2, 0.25) is 5.69 Å². The topological polar surface area (TPSA) is 29.8 Å². The van der Waals surface area contributed by atoms with Gasteiger partial charge in [0.15, 0.2) is 0 Å². The summed E-state index contributed by atoms with van der Waals surface area (Å²) in [5.74, 6) is 0. The van der Waals surface area contributed by atoms with E-state index in [-0.39, 0.29) is 6.10 Å². The van der Waals surface area contributed by atoms with Crippen LogP contribution in [0.3, 0.4) is 0 Å². The van der Waals surface area contributed by atoms with Crippen LogP contribution in [0, 0.1) is 13.5 Å². The molecule has 3 nitrogen and oxygen atoms in total. The average molecular weight is 160 g/mol. The van der Waals surface area contributed by atoms with E-state index in [2.05, 4.69) is 9.83 Å². The van der Waals surface area contributed by atoms with Gasteiger partial charge in [-0.15, -0.1) is 0 Å². The second kappa shape index (κ2) is 2.58. The number of aromatic nitrogens is 1. The van der Waals surface area contributed by atoms with E-state index in [1.54, 1.807) is 6.20 Å². The van der Waals surface area contributed by atoms with E-state index in [1.165, 1.54) is 0 Å². The molecule has 0 radical (unpaired) electrons. The number of nitrogens with zero attached hydrogens (tertiary/aromatic N) is 2. The average Bonchev–Trinajstić information content (AvgIpc) is 2.86. The van der Waals surface area contributed by atoms with Crippen molar-refractivity contribution in [3.63, 3.8) is 0 Å². The van der Waals surface area contributed by atoms with E-state index in [1.807, 2.05) is 13.0 Å². The Bertz CT molecular complexity index is 350. The lowest BCUT2D eigenvalue weighted by Crippen LogP contribution is -1.87. The lowest BCUT2D eigenvalue weighted by Gasteiger charge is -1.98. The molecule has 0 N–H and O–H groups in total. The van der Waals surface area contributed by atoms with Crippen LogP contribution in [-0.2, 0) is 4.74 Å². The minimum Gasteiger partial charge on any atom is -0.366 e. The van der Waals surface area contributed by atoms with Gasteiger partial charge in [0, 0.05) is 6.20 Å². The van der Waals surface area contributed by atoms with Crippen molar-refractivity contribution in [3.8, 4) is 0 Å². The number of hydrogen-bond donors (Lipinski definition) is 0. The zero-order chi connectivity index (χ0) is 8.55. The van der Waals surface area contributed by atoms with E-state index in [9.17, 15) is 0 Å². The number of rotatable bonds is 1. The second-order valence-electron chi connectivity index (χ2n) is 2.83. The van der Waals surface area contributed by atoms with Crippen molar-refractivity contribution < 1.29 is 4.74 Å². The lowest BCUT2D eigenvalue weighted by molar-refractivity contribution is 0.411. The first kappa shape index (κ1) is 7.26. The lowest BCUT2D eigenvalue weighted by atomic mass is 10.2. The van der Waals surface area contributed by atoms with Crippen LogP contribution in [0.15, 0.2) is 12.3 Å². The first-order valence-electron chi connectivity index (χ1n) is 3.77. The predicted octanol–water partition coefficient (Wildman–Crippen LogP) is 2.01. The minimum absolute atomic E-state index is 0.184. The molecule has 12 heavy (non-hydrogen) atoms. The highest BCUT2D eigenvalue weighted by Gasteiger charge is 2.26. The number of epoxide rings is 1. The fraction of sp³-hybridized carbons (Fsp3) is 0.333. The zero-order valence-electron chi connectivity index (χ0n) is 6.74. The van der Waals surface area contributed by atoms with E-state index < -0.39 is 0 Å². The van der Waals surface area contributed by atoms with Gasteiger partial charge in [-0.25, -0.2) is 4.85 Å². The van der Waals surface area contributed by atoms with Gasteiger partial charge in [-0.2, -0.15) is 0 Å². The van der Waals surface area contributed by atoms with Crippen molar-refractivity contribution in [1.82, 2.24) is 4.98 Å². The molecule has 0 spiro atoms. The summed E-state index contributed by atoms with van der Waals surface area (Å²) in [5, 5.41) is 0. The van der Waals surface area contributed by atoms with Gasteiger partial charge in [0.1, 0.15) is 6.10 Å². The van der Waals surface area contributed by atoms with Gasteiger partial charge in [-0.05, 0) is 18.6 Å². The molecule has 0 saturated carbocycles. The third kappa shape index (κ3) is 1.17. The number of ether oxygens (including phenoxy) is 1. The molecule has 0 unspecified atom stereocenters. The van der Waals surface area contributed by atoms with Crippen LogP contribution in [0.4, 0.5) is 5.69 Å². The maximum Gasteiger partial charge on any atom is 0.207 e. The standard InChI is InChI=1S/C9H8N2O/c1-6-3-7(9-5-12-9)11-4-8(6)10-2/h3-4,9H,5H2,1H3/t9-/m0/s1. The summed E-state index contributed by atoms with van der Waals surface area (Å²) in [7, 11) is 0. The number of pyridine rings is 1. The van der Waals surface area contributed by atoms with Gasteiger partial charge in [-0.1, -0.05) is 0 Å². The summed E-state index contributed by atoms with van der Waals surface area (Å²) >= 11 is 0. The summed E-state index contributed by atoms with van der Waals surface area (Å²) < 4.78 is 5.08. The molecule has 1 aliphatic rings. The molecular weight excluding hydrogens is 152 g/mol. The molecule has 1 aromatic rings. The maximum atomic E-state index is 6.83. The Kier molecular flexibility index (Phi) is 1.56. The molecule has 1 atom stereocenters. The summed E-state index contributed by atoms with van der Waals surface area (Å²) in [4.78, 5) is 7.47. The predicted molar refractivity (Wildman–Crippen MR) is 43.9 cm³/mol. The third-order valence-electron chi connectivity index (χ3n) is 1.89. The van der Waals surface area contributed by atoms with Gasteiger partial charge < -0.3 is 4.74 Å². The number of hydrogen-bond acceptors (Lipinski definition) is 2. The molecule has 1 aliphatic heterocycles.